The van der Waals surface area contributed by atoms with Gasteiger partial charge in [-0.05, 0) is 42.8 Å². The summed E-state index contributed by atoms with van der Waals surface area (Å²) in [5.74, 6) is -1.58. The number of fused-ring (bicyclic) bond motifs is 1. The van der Waals surface area contributed by atoms with Gasteiger partial charge in [-0.25, -0.2) is 8.42 Å². The van der Waals surface area contributed by atoms with E-state index < -0.39 is 33.9 Å². The number of benzene rings is 2. The topological polar surface area (TPSA) is 144 Å². The standard InChI is InChI=1S/C20H28N4O4S/c1-12(2)18(19(22)25)23-20(26)16(10-11-21)24-29(27,28)17-9-8-13(3)14-6-4-5-7-15(14)17/h4-9,12,16,18,24H,10-11,21H2,1-3H3,(H2,22,25)(H,23,26)/t16-,18-/m0/s1. The summed E-state index contributed by atoms with van der Waals surface area (Å²) in [7, 11) is -4.03. The first-order valence-electron chi connectivity index (χ1n) is 9.39. The monoisotopic (exact) mass is 420 g/mol. The first-order chi connectivity index (χ1) is 13.6. The van der Waals surface area contributed by atoms with Crippen LogP contribution in [0.3, 0.4) is 0 Å². The smallest absolute Gasteiger partial charge is 0.241 e. The van der Waals surface area contributed by atoms with Crippen molar-refractivity contribution in [2.75, 3.05) is 6.54 Å². The van der Waals surface area contributed by atoms with Gasteiger partial charge in [-0.1, -0.05) is 44.2 Å². The van der Waals surface area contributed by atoms with Crippen molar-refractivity contribution in [3.8, 4) is 0 Å². The highest BCUT2D eigenvalue weighted by Gasteiger charge is 2.30. The van der Waals surface area contributed by atoms with Crippen LogP contribution in [0.5, 0.6) is 0 Å². The van der Waals surface area contributed by atoms with Gasteiger partial charge in [-0.15, -0.1) is 0 Å². The highest BCUT2D eigenvalue weighted by molar-refractivity contribution is 7.89. The van der Waals surface area contributed by atoms with Crippen LogP contribution >= 0.6 is 0 Å². The van der Waals surface area contributed by atoms with E-state index in [0.717, 1.165) is 10.9 Å². The second-order valence-electron chi connectivity index (χ2n) is 7.31. The minimum Gasteiger partial charge on any atom is -0.368 e. The van der Waals surface area contributed by atoms with Crippen molar-refractivity contribution in [3.63, 3.8) is 0 Å². The van der Waals surface area contributed by atoms with Gasteiger partial charge in [0.25, 0.3) is 0 Å². The average Bonchev–Trinajstić information content (AvgIpc) is 2.65. The predicted molar refractivity (Wildman–Crippen MR) is 112 cm³/mol. The number of carbonyl (C=O) groups is 2. The summed E-state index contributed by atoms with van der Waals surface area (Å²) in [6.45, 7) is 5.44. The van der Waals surface area contributed by atoms with Crippen molar-refractivity contribution in [1.82, 2.24) is 10.0 Å². The summed E-state index contributed by atoms with van der Waals surface area (Å²) in [6, 6.07) is 8.34. The van der Waals surface area contributed by atoms with Crippen molar-refractivity contribution in [3.05, 3.63) is 42.0 Å². The maximum absolute atomic E-state index is 13.1. The Balaban J connectivity index is 2.36. The van der Waals surface area contributed by atoms with Gasteiger partial charge < -0.3 is 16.8 Å². The van der Waals surface area contributed by atoms with Crippen molar-refractivity contribution in [2.24, 2.45) is 17.4 Å². The zero-order chi connectivity index (χ0) is 21.8. The molecule has 0 fully saturated rings. The molecule has 0 bridgehead atoms. The Morgan fingerprint density at radius 1 is 1.07 bits per heavy atom. The molecule has 0 saturated heterocycles. The number of hydrogen-bond donors (Lipinski definition) is 4. The molecule has 2 aromatic rings. The molecule has 2 atom stereocenters. The van der Waals surface area contributed by atoms with E-state index in [-0.39, 0.29) is 23.8 Å². The van der Waals surface area contributed by atoms with Crippen molar-refractivity contribution in [2.45, 2.75) is 44.2 Å². The third kappa shape index (κ3) is 5.31. The lowest BCUT2D eigenvalue weighted by atomic mass is 10.0. The number of aryl methyl sites for hydroxylation is 1. The number of nitrogens with two attached hydrogens (primary N) is 2. The number of nitrogens with one attached hydrogen (secondary N) is 2. The second-order valence-corrected chi connectivity index (χ2v) is 8.99. The van der Waals surface area contributed by atoms with Gasteiger partial charge in [0.1, 0.15) is 12.1 Å². The number of hydrogen-bond acceptors (Lipinski definition) is 5. The zero-order valence-corrected chi connectivity index (χ0v) is 17.6. The Morgan fingerprint density at radius 2 is 1.69 bits per heavy atom. The number of carbonyl (C=O) groups excluding carboxylic acids is 2. The normalized spacial score (nSPS) is 14.0. The van der Waals surface area contributed by atoms with Crippen LogP contribution in [-0.2, 0) is 19.6 Å². The van der Waals surface area contributed by atoms with Gasteiger partial charge in [0, 0.05) is 5.39 Å². The van der Waals surface area contributed by atoms with Gasteiger partial charge in [0.15, 0.2) is 0 Å². The quantitative estimate of drug-likeness (QED) is 0.473. The average molecular weight is 421 g/mol. The van der Waals surface area contributed by atoms with Crippen LogP contribution in [-0.4, -0.2) is 38.9 Å². The predicted octanol–water partition coefficient (Wildman–Crippen LogP) is 0.770. The second kappa shape index (κ2) is 9.34. The van der Waals surface area contributed by atoms with Crippen LogP contribution in [0.4, 0.5) is 0 Å². The third-order valence-electron chi connectivity index (χ3n) is 4.73. The SMILES string of the molecule is Cc1ccc(S(=O)(=O)N[C@@H](CCN)C(=O)N[C@H](C(N)=O)C(C)C)c2ccccc12. The van der Waals surface area contributed by atoms with Gasteiger partial charge in [0.05, 0.1) is 4.90 Å². The minimum atomic E-state index is -4.03. The summed E-state index contributed by atoms with van der Waals surface area (Å²) in [4.78, 5) is 24.3. The molecular weight excluding hydrogens is 392 g/mol. The molecule has 2 aromatic carbocycles. The largest absolute Gasteiger partial charge is 0.368 e. The van der Waals surface area contributed by atoms with Crippen molar-refractivity contribution >= 4 is 32.6 Å². The van der Waals surface area contributed by atoms with Crippen LogP contribution in [0.25, 0.3) is 10.8 Å². The fourth-order valence-corrected chi connectivity index (χ4v) is 4.58. The molecular formula is C20H28N4O4S. The Labute approximate surface area is 171 Å². The van der Waals surface area contributed by atoms with Gasteiger partial charge in [-0.3, -0.25) is 9.59 Å². The lowest BCUT2D eigenvalue weighted by Crippen LogP contribution is -2.55. The van der Waals surface area contributed by atoms with Crippen molar-refractivity contribution < 1.29 is 18.0 Å². The van der Waals surface area contributed by atoms with E-state index in [1.165, 1.54) is 6.07 Å². The first-order valence-corrected chi connectivity index (χ1v) is 10.9. The molecule has 0 aromatic heterocycles. The van der Waals surface area contributed by atoms with E-state index in [2.05, 4.69) is 10.0 Å². The molecule has 0 heterocycles. The van der Waals surface area contributed by atoms with E-state index in [1.807, 2.05) is 19.1 Å². The van der Waals surface area contributed by atoms with Crippen LogP contribution < -0.4 is 21.5 Å². The molecule has 0 aliphatic rings. The van der Waals surface area contributed by atoms with Gasteiger partial charge >= 0.3 is 0 Å². The highest BCUT2D eigenvalue weighted by atomic mass is 32.2. The first kappa shape index (κ1) is 22.8. The van der Waals surface area contributed by atoms with Crippen LogP contribution in [0.15, 0.2) is 41.3 Å². The molecule has 0 saturated carbocycles. The molecule has 9 heteroatoms. The number of rotatable bonds is 9. The van der Waals surface area contributed by atoms with E-state index in [9.17, 15) is 18.0 Å². The number of sulfonamides is 1. The van der Waals surface area contributed by atoms with Gasteiger partial charge in [-0.2, -0.15) is 4.72 Å². The molecule has 0 unspecified atom stereocenters. The van der Waals surface area contributed by atoms with Gasteiger partial charge in [0.2, 0.25) is 21.8 Å². The molecule has 8 nitrogen and oxygen atoms in total. The maximum atomic E-state index is 13.1. The van der Waals surface area contributed by atoms with Crippen LogP contribution in [0, 0.1) is 12.8 Å². The number of amides is 2. The highest BCUT2D eigenvalue weighted by Crippen LogP contribution is 2.26. The van der Waals surface area contributed by atoms with Crippen LogP contribution in [0.1, 0.15) is 25.8 Å². The van der Waals surface area contributed by atoms with E-state index in [1.54, 1.807) is 32.0 Å². The lowest BCUT2D eigenvalue weighted by Gasteiger charge is -2.23. The molecule has 158 valence electrons. The van der Waals surface area contributed by atoms with E-state index >= 15 is 0 Å². The summed E-state index contributed by atoms with van der Waals surface area (Å²) < 4.78 is 28.6. The maximum Gasteiger partial charge on any atom is 0.241 e. The fourth-order valence-electron chi connectivity index (χ4n) is 3.14. The lowest BCUT2D eigenvalue weighted by molar-refractivity contribution is -0.129. The molecule has 29 heavy (non-hydrogen) atoms. The molecule has 0 aliphatic heterocycles. The van der Waals surface area contributed by atoms with E-state index in [0.29, 0.717) is 5.39 Å². The Hall–Kier alpha value is -2.49. The summed E-state index contributed by atoms with van der Waals surface area (Å²) in [6.07, 6.45) is 0.0679. The minimum absolute atomic E-state index is 0.0679. The summed E-state index contributed by atoms with van der Waals surface area (Å²) in [5, 5.41) is 3.89. The summed E-state index contributed by atoms with van der Waals surface area (Å²) >= 11 is 0. The molecule has 2 rings (SSSR count). The Kier molecular flexibility index (Phi) is 7.34. The van der Waals surface area contributed by atoms with Crippen molar-refractivity contribution in [1.29, 1.82) is 0 Å². The molecule has 0 radical (unpaired) electrons. The molecule has 2 amide bonds. The summed E-state index contributed by atoms with van der Waals surface area (Å²) in [5.41, 5.74) is 11.9. The number of primary amides is 1. The van der Waals surface area contributed by atoms with Crippen LogP contribution in [0.2, 0.25) is 0 Å². The molecule has 0 spiro atoms. The Morgan fingerprint density at radius 3 is 2.24 bits per heavy atom. The molecule has 6 N–H and O–H groups in total. The fraction of sp³-hybridized carbons (Fsp3) is 0.400. The zero-order valence-electron chi connectivity index (χ0n) is 16.8. The Bertz CT molecular complexity index is 1000. The molecule has 0 aliphatic carbocycles. The third-order valence-corrected chi connectivity index (χ3v) is 6.26. The van der Waals surface area contributed by atoms with E-state index in [4.69, 9.17) is 11.5 Å².